The van der Waals surface area contributed by atoms with Crippen LogP contribution >= 0.6 is 17.2 Å². The van der Waals surface area contributed by atoms with E-state index in [0.29, 0.717) is 19.8 Å². The Labute approximate surface area is 227 Å². The van der Waals surface area contributed by atoms with E-state index in [1.165, 1.54) is 109 Å². The van der Waals surface area contributed by atoms with Crippen LogP contribution < -0.4 is 0 Å². The van der Waals surface area contributed by atoms with E-state index in [9.17, 15) is 0 Å². The van der Waals surface area contributed by atoms with Crippen molar-refractivity contribution in [3.63, 3.8) is 0 Å². The van der Waals surface area contributed by atoms with Gasteiger partial charge < -0.3 is 0 Å². The molecule has 0 spiro atoms. The van der Waals surface area contributed by atoms with Crippen LogP contribution in [0.4, 0.5) is 0 Å². The second kappa shape index (κ2) is 21.7. The van der Waals surface area contributed by atoms with Crippen molar-refractivity contribution in [3.05, 3.63) is 0 Å². The first-order valence-electron chi connectivity index (χ1n) is 15.4. The Morgan fingerprint density at radius 3 is 1.14 bits per heavy atom. The Morgan fingerprint density at radius 1 is 0.486 bits per heavy atom. The van der Waals surface area contributed by atoms with Gasteiger partial charge in [0.2, 0.25) is 0 Å². The molecular formula is C29H64ClO3PSi. The van der Waals surface area contributed by atoms with Crippen molar-refractivity contribution in [2.24, 2.45) is 0 Å². The van der Waals surface area contributed by atoms with Gasteiger partial charge in [0.25, 0.3) is 0 Å². The van der Waals surface area contributed by atoms with Crippen molar-refractivity contribution in [1.29, 1.82) is 0 Å². The molecule has 0 fully saturated rings. The van der Waals surface area contributed by atoms with Gasteiger partial charge in [-0.3, -0.25) is 0 Å². The van der Waals surface area contributed by atoms with Crippen LogP contribution in [0.15, 0.2) is 0 Å². The van der Waals surface area contributed by atoms with Gasteiger partial charge >= 0.3 is 189 Å². The predicted molar refractivity (Wildman–Crippen MR) is 164 cm³/mol. The molecule has 0 amide bonds. The molecule has 0 unspecified atom stereocenters. The molecule has 0 aromatic carbocycles. The van der Waals surface area contributed by atoms with Crippen LogP contribution in [-0.4, -0.2) is 54.3 Å². The predicted octanol–water partition coefficient (Wildman–Crippen LogP) is 10.7. The summed E-state index contributed by atoms with van der Waals surface area (Å²) in [5.74, 6) is -2.13. The third-order valence-corrected chi connectivity index (χ3v) is 14.7. The Morgan fingerprint density at radius 2 is 0.800 bits per heavy atom. The van der Waals surface area contributed by atoms with Gasteiger partial charge in [-0.15, -0.1) is 0 Å². The molecule has 0 bridgehead atoms. The fourth-order valence-electron chi connectivity index (χ4n) is 5.04. The molecule has 0 saturated heterocycles. The first-order valence-corrected chi connectivity index (χ1v) is 21.7. The van der Waals surface area contributed by atoms with Crippen molar-refractivity contribution in [2.75, 3.05) is 45.5 Å². The van der Waals surface area contributed by atoms with Gasteiger partial charge in [0.1, 0.15) is 0 Å². The van der Waals surface area contributed by atoms with Gasteiger partial charge in [0, 0.05) is 0 Å². The summed E-state index contributed by atoms with van der Waals surface area (Å²) >= 11 is 7.24. The monoisotopic (exact) mass is 554 g/mol. The standard InChI is InChI=1S/C29H64ClO3PSi/c1-7-11-12-13-14-15-16-17-18-19-20-21-22-23-24-25-27-34(5,6,30)28-26-29-35(31-8-2,32-9-3)33-10-4/h7-29H2,1-6H3. The van der Waals surface area contributed by atoms with Crippen molar-refractivity contribution in [1.82, 2.24) is 0 Å². The van der Waals surface area contributed by atoms with Crippen LogP contribution in [0.1, 0.15) is 137 Å². The molecule has 0 heterocycles. The van der Waals surface area contributed by atoms with Gasteiger partial charge in [-0.05, 0) is 0 Å². The maximum atomic E-state index is 7.24. The Bertz CT molecular complexity index is 454. The Balaban J connectivity index is 3.84. The molecule has 0 aliphatic rings. The summed E-state index contributed by atoms with van der Waals surface area (Å²) in [6.45, 7) is 15.0. The quantitative estimate of drug-likeness (QED) is 0.0574. The molecule has 0 radical (unpaired) electrons. The Hall–Kier alpha value is 0.817. The molecule has 0 atom stereocenters. The number of rotatable bonds is 27. The molecule has 0 aliphatic carbocycles. The summed E-state index contributed by atoms with van der Waals surface area (Å²) in [6, 6.07) is 0.883. The molecule has 214 valence electrons. The normalized spacial score (nSPS) is 13.7. The summed E-state index contributed by atoms with van der Waals surface area (Å²) in [5.41, 5.74) is 0. The molecule has 0 aliphatic heterocycles. The second-order valence-corrected chi connectivity index (χ2v) is 23.5. The molecule has 6 heteroatoms. The van der Waals surface area contributed by atoms with E-state index in [4.69, 9.17) is 24.5 Å². The summed E-state index contributed by atoms with van der Waals surface area (Å²) in [5, 5.41) is 0. The van der Waals surface area contributed by atoms with E-state index in [0.717, 1.165) is 18.6 Å². The van der Waals surface area contributed by atoms with Crippen molar-refractivity contribution in [3.8, 4) is 0 Å². The van der Waals surface area contributed by atoms with E-state index < -0.39 is 14.8 Å². The minimum atomic E-state index is -2.54. The zero-order valence-corrected chi connectivity index (χ0v) is 27.5. The molecule has 0 N–H and O–H groups in total. The molecule has 35 heavy (non-hydrogen) atoms. The fraction of sp³-hybridized carbons (Fsp3) is 1.00. The van der Waals surface area contributed by atoms with Crippen molar-refractivity contribution < 1.29 is 13.3 Å². The summed E-state index contributed by atoms with van der Waals surface area (Å²) in [7, 11) is -2.54. The third-order valence-electron chi connectivity index (χ3n) is 7.13. The Kier molecular flexibility index (Phi) is 22.2. The molecule has 0 aromatic heterocycles. The van der Waals surface area contributed by atoms with E-state index in [1.54, 1.807) is 0 Å². The molecule has 0 aromatic rings. The average Bonchev–Trinajstić information content (AvgIpc) is 2.79. The van der Waals surface area contributed by atoms with E-state index in [2.05, 4.69) is 20.3 Å². The van der Waals surface area contributed by atoms with Crippen LogP contribution in [0.25, 0.3) is 0 Å². The summed E-state index contributed by atoms with van der Waals surface area (Å²) in [6.07, 6.45) is 25.9. The maximum absolute atomic E-state index is 7.24. The van der Waals surface area contributed by atoms with Crippen LogP contribution in [-0.2, 0) is 13.3 Å². The first-order chi connectivity index (χ1) is 16.7. The van der Waals surface area contributed by atoms with Gasteiger partial charge in [-0.25, -0.2) is 0 Å². The zero-order valence-electron chi connectivity index (χ0n) is 24.8. The minimum absolute atomic E-state index is 0.647. The van der Waals surface area contributed by atoms with Crippen LogP contribution in [0.2, 0.25) is 6.04 Å². The van der Waals surface area contributed by atoms with Gasteiger partial charge in [-0.1, -0.05) is 39.0 Å². The number of hydrogen-bond donors (Lipinski definition) is 0. The first kappa shape index (κ1) is 35.8. The van der Waals surface area contributed by atoms with E-state index in [1.807, 2.05) is 20.8 Å². The SMILES string of the molecule is CCCCCCCCCCCCCCCCCCP(C)(C)(Cl)CCC[Si](OCC)(OCC)OCC. The number of halogens is 1. The average molecular weight is 555 g/mol. The molecule has 0 rings (SSSR count). The summed E-state index contributed by atoms with van der Waals surface area (Å²) in [4.78, 5) is 0. The molecule has 3 nitrogen and oxygen atoms in total. The fourth-order valence-corrected chi connectivity index (χ4v) is 11.2. The van der Waals surface area contributed by atoms with Gasteiger partial charge in [0.15, 0.2) is 0 Å². The number of unbranched alkanes of at least 4 members (excludes halogenated alkanes) is 15. The van der Waals surface area contributed by atoms with Crippen LogP contribution in [0.3, 0.4) is 0 Å². The van der Waals surface area contributed by atoms with Crippen LogP contribution in [0.5, 0.6) is 0 Å². The van der Waals surface area contributed by atoms with Crippen molar-refractivity contribution in [2.45, 2.75) is 143 Å². The van der Waals surface area contributed by atoms with Crippen LogP contribution in [0, 0.1) is 0 Å². The summed E-state index contributed by atoms with van der Waals surface area (Å²) < 4.78 is 18.1. The molecular weight excluding hydrogens is 491 g/mol. The van der Waals surface area contributed by atoms with E-state index in [-0.39, 0.29) is 0 Å². The van der Waals surface area contributed by atoms with Gasteiger partial charge in [0.05, 0.1) is 0 Å². The zero-order chi connectivity index (χ0) is 26.3. The van der Waals surface area contributed by atoms with Crippen molar-refractivity contribution >= 4 is 26.0 Å². The molecule has 0 saturated carbocycles. The van der Waals surface area contributed by atoms with E-state index >= 15 is 0 Å². The number of hydrogen-bond acceptors (Lipinski definition) is 3. The van der Waals surface area contributed by atoms with Gasteiger partial charge in [-0.2, -0.15) is 0 Å². The second-order valence-electron chi connectivity index (χ2n) is 11.3. The topological polar surface area (TPSA) is 27.7 Å². The third kappa shape index (κ3) is 21.4.